The second-order valence-corrected chi connectivity index (χ2v) is 5.42. The fourth-order valence-electron chi connectivity index (χ4n) is 2.62. The van der Waals surface area contributed by atoms with Crippen LogP contribution < -0.4 is 9.80 Å². The third-order valence-electron chi connectivity index (χ3n) is 3.78. The summed E-state index contributed by atoms with van der Waals surface area (Å²) in [5, 5.41) is 18.4. The van der Waals surface area contributed by atoms with Crippen molar-refractivity contribution in [3.63, 3.8) is 0 Å². The minimum atomic E-state index is -0.158. The first-order valence-electron chi connectivity index (χ1n) is 7.57. The average molecular weight is 316 g/mol. The molecule has 0 unspecified atom stereocenters. The van der Waals surface area contributed by atoms with Crippen molar-refractivity contribution in [3.05, 3.63) is 35.5 Å². The molecule has 1 aliphatic heterocycles. The van der Waals surface area contributed by atoms with Crippen LogP contribution in [0, 0.1) is 6.92 Å². The van der Waals surface area contributed by atoms with E-state index in [0.29, 0.717) is 17.5 Å². The summed E-state index contributed by atoms with van der Waals surface area (Å²) in [4.78, 5) is 21.4. The molecule has 0 radical (unpaired) electrons. The number of aromatic nitrogens is 4. The molecule has 0 aliphatic carbocycles. The second kappa shape index (κ2) is 6.84. The van der Waals surface area contributed by atoms with E-state index in [2.05, 4.69) is 29.7 Å². The first kappa shape index (κ1) is 15.6. The van der Waals surface area contributed by atoms with Crippen molar-refractivity contribution in [2.24, 2.45) is 0 Å². The Morgan fingerprint density at radius 2 is 1.74 bits per heavy atom. The summed E-state index contributed by atoms with van der Waals surface area (Å²) in [6.45, 7) is 4.77. The smallest absolute Gasteiger partial charge is 0.225 e. The molecule has 2 N–H and O–H groups in total. The third-order valence-corrected chi connectivity index (χ3v) is 3.78. The maximum absolute atomic E-state index is 9.27. The quantitative estimate of drug-likeness (QED) is 0.806. The molecule has 3 heterocycles. The van der Waals surface area contributed by atoms with E-state index in [0.717, 1.165) is 37.7 Å². The van der Waals surface area contributed by atoms with Crippen molar-refractivity contribution in [2.75, 3.05) is 36.0 Å². The number of anilines is 2. The molecule has 1 fully saturated rings. The molecule has 2 aromatic rings. The Labute approximate surface area is 134 Å². The van der Waals surface area contributed by atoms with Gasteiger partial charge in [-0.3, -0.25) is 0 Å². The SMILES string of the molecule is Cc1cc(CO)nc(N2CCN(c3ccnc(CO)n3)CC2)n1. The largest absolute Gasteiger partial charge is 0.390 e. The van der Waals surface area contributed by atoms with Gasteiger partial charge in [0.15, 0.2) is 5.82 Å². The van der Waals surface area contributed by atoms with Crippen LogP contribution in [0.4, 0.5) is 11.8 Å². The van der Waals surface area contributed by atoms with Gasteiger partial charge in [0.05, 0.1) is 12.3 Å². The van der Waals surface area contributed by atoms with E-state index >= 15 is 0 Å². The molecule has 0 spiro atoms. The minimum absolute atomic E-state index is 0.0821. The Morgan fingerprint density at radius 3 is 2.43 bits per heavy atom. The van der Waals surface area contributed by atoms with E-state index in [-0.39, 0.29) is 13.2 Å². The molecular formula is C15H20N6O2. The van der Waals surface area contributed by atoms with Crippen molar-refractivity contribution >= 4 is 11.8 Å². The third kappa shape index (κ3) is 3.54. The van der Waals surface area contributed by atoms with Gasteiger partial charge in [0.2, 0.25) is 5.95 Å². The number of aliphatic hydroxyl groups is 2. The highest BCUT2D eigenvalue weighted by Gasteiger charge is 2.20. The van der Waals surface area contributed by atoms with E-state index in [9.17, 15) is 5.11 Å². The highest BCUT2D eigenvalue weighted by atomic mass is 16.3. The van der Waals surface area contributed by atoms with Gasteiger partial charge in [0.25, 0.3) is 0 Å². The van der Waals surface area contributed by atoms with Gasteiger partial charge in [-0.15, -0.1) is 0 Å². The van der Waals surface area contributed by atoms with Crippen LogP contribution in [0.3, 0.4) is 0 Å². The van der Waals surface area contributed by atoms with Gasteiger partial charge in [0.1, 0.15) is 12.4 Å². The van der Waals surface area contributed by atoms with Crippen molar-refractivity contribution in [2.45, 2.75) is 20.1 Å². The van der Waals surface area contributed by atoms with Crippen LogP contribution in [0.25, 0.3) is 0 Å². The number of hydrogen-bond acceptors (Lipinski definition) is 8. The summed E-state index contributed by atoms with van der Waals surface area (Å²) in [5.74, 6) is 1.91. The molecule has 0 atom stereocenters. The van der Waals surface area contributed by atoms with E-state index in [1.54, 1.807) is 12.3 Å². The number of aliphatic hydroxyl groups excluding tert-OH is 2. The lowest BCUT2D eigenvalue weighted by Gasteiger charge is -2.35. The standard InChI is InChI=1S/C15H20N6O2/c1-11-8-12(9-22)18-15(17-11)21-6-4-20(5-7-21)14-2-3-16-13(10-23)19-14/h2-3,8,22-23H,4-7,9-10H2,1H3. The molecule has 122 valence electrons. The Balaban J connectivity index is 1.69. The second-order valence-electron chi connectivity index (χ2n) is 5.42. The predicted octanol–water partition coefficient (Wildman–Crippen LogP) is -0.114. The predicted molar refractivity (Wildman–Crippen MR) is 85.1 cm³/mol. The first-order valence-corrected chi connectivity index (χ1v) is 7.57. The molecule has 1 aliphatic rings. The zero-order chi connectivity index (χ0) is 16.2. The summed E-state index contributed by atoms with van der Waals surface area (Å²) in [5.41, 5.74) is 1.49. The van der Waals surface area contributed by atoms with Crippen LogP contribution in [0.5, 0.6) is 0 Å². The van der Waals surface area contributed by atoms with Gasteiger partial charge in [-0.05, 0) is 19.1 Å². The van der Waals surface area contributed by atoms with Gasteiger partial charge in [0, 0.05) is 38.1 Å². The molecule has 0 saturated carbocycles. The van der Waals surface area contributed by atoms with Crippen LogP contribution in [-0.2, 0) is 13.2 Å². The molecule has 23 heavy (non-hydrogen) atoms. The molecule has 0 bridgehead atoms. The molecule has 1 saturated heterocycles. The van der Waals surface area contributed by atoms with Gasteiger partial charge in [-0.2, -0.15) is 0 Å². The summed E-state index contributed by atoms with van der Waals surface area (Å²) in [6, 6.07) is 3.64. The van der Waals surface area contributed by atoms with Crippen molar-refractivity contribution in [1.29, 1.82) is 0 Å². The molecule has 2 aromatic heterocycles. The molecule has 0 aromatic carbocycles. The molecule has 8 heteroatoms. The lowest BCUT2D eigenvalue weighted by molar-refractivity contribution is 0.271. The van der Waals surface area contributed by atoms with E-state index in [1.807, 2.05) is 13.0 Å². The number of nitrogens with zero attached hydrogens (tertiary/aromatic N) is 6. The maximum atomic E-state index is 9.27. The summed E-state index contributed by atoms with van der Waals surface area (Å²) in [7, 11) is 0. The Bertz CT molecular complexity index is 673. The fourth-order valence-corrected chi connectivity index (χ4v) is 2.62. The highest BCUT2D eigenvalue weighted by molar-refractivity contribution is 5.42. The van der Waals surface area contributed by atoms with E-state index in [1.165, 1.54) is 0 Å². The van der Waals surface area contributed by atoms with Gasteiger partial charge < -0.3 is 20.0 Å². The lowest BCUT2D eigenvalue weighted by Crippen LogP contribution is -2.47. The van der Waals surface area contributed by atoms with Gasteiger partial charge in [-0.25, -0.2) is 19.9 Å². The number of rotatable bonds is 4. The molecule has 8 nitrogen and oxygen atoms in total. The Kier molecular flexibility index (Phi) is 4.63. The van der Waals surface area contributed by atoms with Crippen LogP contribution in [0.2, 0.25) is 0 Å². The number of hydrogen-bond donors (Lipinski definition) is 2. The Hall–Kier alpha value is -2.32. The number of piperazine rings is 1. The van der Waals surface area contributed by atoms with Crippen molar-refractivity contribution in [1.82, 2.24) is 19.9 Å². The van der Waals surface area contributed by atoms with Crippen LogP contribution in [-0.4, -0.2) is 56.3 Å². The average Bonchev–Trinajstić information content (AvgIpc) is 2.61. The first-order chi connectivity index (χ1) is 11.2. The monoisotopic (exact) mass is 316 g/mol. The van der Waals surface area contributed by atoms with E-state index < -0.39 is 0 Å². The maximum Gasteiger partial charge on any atom is 0.225 e. The topological polar surface area (TPSA) is 98.5 Å². The van der Waals surface area contributed by atoms with Crippen LogP contribution in [0.15, 0.2) is 18.3 Å². The van der Waals surface area contributed by atoms with Crippen LogP contribution >= 0.6 is 0 Å². The van der Waals surface area contributed by atoms with E-state index in [4.69, 9.17) is 5.11 Å². The molecule has 3 rings (SSSR count). The summed E-state index contributed by atoms with van der Waals surface area (Å²) < 4.78 is 0. The van der Waals surface area contributed by atoms with Crippen LogP contribution in [0.1, 0.15) is 17.2 Å². The zero-order valence-corrected chi connectivity index (χ0v) is 13.1. The normalized spacial score (nSPS) is 15.1. The molecule has 0 amide bonds. The summed E-state index contributed by atoms with van der Waals surface area (Å²) in [6.07, 6.45) is 1.66. The van der Waals surface area contributed by atoms with Gasteiger partial charge in [-0.1, -0.05) is 0 Å². The van der Waals surface area contributed by atoms with Gasteiger partial charge >= 0.3 is 0 Å². The Morgan fingerprint density at radius 1 is 1.00 bits per heavy atom. The zero-order valence-electron chi connectivity index (χ0n) is 13.1. The minimum Gasteiger partial charge on any atom is -0.390 e. The van der Waals surface area contributed by atoms with Crippen molar-refractivity contribution in [3.8, 4) is 0 Å². The fraction of sp³-hybridized carbons (Fsp3) is 0.467. The highest BCUT2D eigenvalue weighted by Crippen LogP contribution is 2.17. The molecular weight excluding hydrogens is 296 g/mol. The number of aryl methyl sites for hydroxylation is 1. The van der Waals surface area contributed by atoms with Crippen molar-refractivity contribution < 1.29 is 10.2 Å². The lowest BCUT2D eigenvalue weighted by atomic mass is 10.3. The summed E-state index contributed by atoms with van der Waals surface area (Å²) >= 11 is 0.